The maximum absolute atomic E-state index is 14.2. The van der Waals surface area contributed by atoms with Gasteiger partial charge < -0.3 is 4.57 Å². The number of benzene rings is 3. The minimum absolute atomic E-state index is 0.276. The van der Waals surface area contributed by atoms with Crippen LogP contribution >= 0.6 is 0 Å². The molecule has 2 aliphatic heterocycles. The van der Waals surface area contributed by atoms with Crippen LogP contribution in [0.2, 0.25) is 0 Å². The average Bonchev–Trinajstić information content (AvgIpc) is 3.54. The van der Waals surface area contributed by atoms with Crippen LogP contribution in [0.3, 0.4) is 0 Å². The fourth-order valence-electron chi connectivity index (χ4n) is 4.87. The van der Waals surface area contributed by atoms with Crippen molar-refractivity contribution in [2.45, 2.75) is 36.6 Å². The van der Waals surface area contributed by atoms with Crippen molar-refractivity contribution in [3.05, 3.63) is 95.1 Å². The predicted molar refractivity (Wildman–Crippen MR) is 130 cm³/mol. The van der Waals surface area contributed by atoms with Gasteiger partial charge in [0.25, 0.3) is 0 Å². The topological polar surface area (TPSA) is 64.3 Å². The predicted octanol–water partition coefficient (Wildman–Crippen LogP) is 5.21. The number of halogens is 1. The normalized spacial score (nSPS) is 14.4. The second-order valence-electron chi connectivity index (χ2n) is 8.75. The molecule has 5 nitrogen and oxygen atoms in total. The van der Waals surface area contributed by atoms with Crippen LogP contribution in [-0.4, -0.2) is 24.2 Å². The van der Waals surface area contributed by atoms with Crippen molar-refractivity contribution >= 4 is 16.1 Å². The Kier molecular flexibility index (Phi) is 4.95. The summed E-state index contributed by atoms with van der Waals surface area (Å²) in [6, 6.07) is 19.3. The summed E-state index contributed by atoms with van der Waals surface area (Å²) in [6.07, 6.45) is 3.89. The summed E-state index contributed by atoms with van der Waals surface area (Å²) in [7, 11) is -3.82. The van der Waals surface area contributed by atoms with Crippen LogP contribution in [0.25, 0.3) is 22.5 Å². The first kappa shape index (κ1) is 21.0. The van der Waals surface area contributed by atoms with E-state index >= 15 is 0 Å². The van der Waals surface area contributed by atoms with Crippen LogP contribution in [0.5, 0.6) is 0 Å². The highest BCUT2D eigenvalue weighted by atomic mass is 32.2. The van der Waals surface area contributed by atoms with Gasteiger partial charge in [0.1, 0.15) is 16.5 Å². The Bertz CT molecular complexity index is 1570. The number of hydrogen-bond donors (Lipinski definition) is 0. The Morgan fingerprint density at radius 3 is 2.74 bits per heavy atom. The lowest BCUT2D eigenvalue weighted by Gasteiger charge is -2.11. The molecule has 0 N–H and O–H groups in total. The summed E-state index contributed by atoms with van der Waals surface area (Å²) in [5.74, 6) is 0.0372. The molecule has 3 aromatic carbocycles. The van der Waals surface area contributed by atoms with E-state index in [4.69, 9.17) is 4.98 Å². The van der Waals surface area contributed by atoms with Crippen molar-refractivity contribution < 1.29 is 12.8 Å². The zero-order valence-electron chi connectivity index (χ0n) is 18.4. The van der Waals surface area contributed by atoms with Crippen LogP contribution in [0, 0.1) is 5.82 Å². The lowest BCUT2D eigenvalue weighted by atomic mass is 10.00. The molecule has 6 rings (SSSR count). The van der Waals surface area contributed by atoms with Gasteiger partial charge in [-0.2, -0.15) is 0 Å². The number of hydrogen-bond acceptors (Lipinski definition) is 4. The first-order chi connectivity index (χ1) is 16.5. The van der Waals surface area contributed by atoms with E-state index in [1.807, 2.05) is 24.4 Å². The van der Waals surface area contributed by atoms with E-state index in [1.54, 1.807) is 6.07 Å². The molecule has 0 saturated heterocycles. The molecule has 0 spiro atoms. The molecule has 4 aromatic rings. The molecule has 34 heavy (non-hydrogen) atoms. The van der Waals surface area contributed by atoms with Gasteiger partial charge in [0.15, 0.2) is 9.84 Å². The number of aliphatic imine (C=N–C) groups is 1. The number of rotatable bonds is 5. The Morgan fingerprint density at radius 1 is 0.971 bits per heavy atom. The van der Waals surface area contributed by atoms with E-state index in [1.165, 1.54) is 29.8 Å². The summed E-state index contributed by atoms with van der Waals surface area (Å²) in [5, 5.41) is 0. The SMILES string of the molecule is O=S(=O)(Cc1cccc(-c2nc3n(c2-c2ccc4c(c2)C=NC4)CCC3)c1)c1ccccc1F. The van der Waals surface area contributed by atoms with Crippen molar-refractivity contribution in [2.24, 2.45) is 4.99 Å². The first-order valence-electron chi connectivity index (χ1n) is 11.3. The second-order valence-corrected chi connectivity index (χ2v) is 10.7. The molecule has 3 heterocycles. The Hall–Kier alpha value is -3.58. The van der Waals surface area contributed by atoms with Gasteiger partial charge in [0.05, 0.1) is 23.7 Å². The molecule has 0 aliphatic carbocycles. The van der Waals surface area contributed by atoms with E-state index in [0.29, 0.717) is 12.1 Å². The Labute approximate surface area is 197 Å². The van der Waals surface area contributed by atoms with Crippen LogP contribution in [0.15, 0.2) is 76.6 Å². The standard InChI is InChI=1S/C27H22FN3O2S/c28-23-7-1-2-8-24(23)34(32,33)17-18-5-3-6-19(13-18)26-27(31-12-4-9-25(31)30-26)20-10-11-21-15-29-16-22(21)14-20/h1-3,5-8,10-11,13-14,16H,4,9,12,15,17H2. The van der Waals surface area contributed by atoms with Gasteiger partial charge in [-0.3, -0.25) is 4.99 Å². The third-order valence-corrected chi connectivity index (χ3v) is 8.18. The van der Waals surface area contributed by atoms with Gasteiger partial charge in [-0.05, 0) is 47.4 Å². The minimum Gasteiger partial charge on any atom is -0.327 e. The maximum Gasteiger partial charge on any atom is 0.185 e. The number of nitrogens with zero attached hydrogens (tertiary/aromatic N) is 3. The zero-order chi connectivity index (χ0) is 23.3. The van der Waals surface area contributed by atoms with Crippen molar-refractivity contribution in [1.29, 1.82) is 0 Å². The largest absolute Gasteiger partial charge is 0.327 e. The first-order valence-corrected chi connectivity index (χ1v) is 12.9. The lowest BCUT2D eigenvalue weighted by molar-refractivity contribution is 0.566. The van der Waals surface area contributed by atoms with Gasteiger partial charge in [-0.15, -0.1) is 0 Å². The molecular formula is C27H22FN3O2S. The van der Waals surface area contributed by atoms with E-state index in [2.05, 4.69) is 27.8 Å². The maximum atomic E-state index is 14.2. The summed E-state index contributed by atoms with van der Waals surface area (Å²) < 4.78 is 42.2. The summed E-state index contributed by atoms with van der Waals surface area (Å²) in [6.45, 7) is 1.62. The van der Waals surface area contributed by atoms with Gasteiger partial charge >= 0.3 is 0 Å². The molecule has 0 unspecified atom stereocenters. The number of fused-ring (bicyclic) bond motifs is 2. The fourth-order valence-corrected chi connectivity index (χ4v) is 6.30. The Balaban J connectivity index is 1.42. The third-order valence-electron chi connectivity index (χ3n) is 6.47. The van der Waals surface area contributed by atoms with Gasteiger partial charge in [-0.1, -0.05) is 42.5 Å². The highest BCUT2D eigenvalue weighted by Crippen LogP contribution is 2.37. The van der Waals surface area contributed by atoms with E-state index in [-0.39, 0.29) is 10.6 Å². The molecule has 170 valence electrons. The molecule has 0 saturated carbocycles. The number of aromatic nitrogens is 2. The van der Waals surface area contributed by atoms with Crippen molar-refractivity contribution in [3.8, 4) is 22.5 Å². The molecule has 0 bridgehead atoms. The van der Waals surface area contributed by atoms with E-state index in [0.717, 1.165) is 53.3 Å². The Morgan fingerprint density at radius 2 is 1.85 bits per heavy atom. The van der Waals surface area contributed by atoms with Crippen LogP contribution in [-0.2, 0) is 35.1 Å². The smallest absolute Gasteiger partial charge is 0.185 e. The van der Waals surface area contributed by atoms with Gasteiger partial charge in [0, 0.05) is 30.3 Å². The third kappa shape index (κ3) is 3.56. The highest BCUT2D eigenvalue weighted by molar-refractivity contribution is 7.90. The molecule has 0 atom stereocenters. The molecule has 7 heteroatoms. The zero-order valence-corrected chi connectivity index (χ0v) is 19.2. The summed E-state index contributed by atoms with van der Waals surface area (Å²) in [5.41, 5.74) is 6.76. The molecule has 0 fully saturated rings. The number of aryl methyl sites for hydroxylation is 1. The van der Waals surface area contributed by atoms with E-state index in [9.17, 15) is 12.8 Å². The monoisotopic (exact) mass is 471 g/mol. The van der Waals surface area contributed by atoms with Crippen molar-refractivity contribution in [3.63, 3.8) is 0 Å². The summed E-state index contributed by atoms with van der Waals surface area (Å²) in [4.78, 5) is 9.06. The molecule has 0 radical (unpaired) electrons. The number of sulfone groups is 1. The van der Waals surface area contributed by atoms with E-state index < -0.39 is 15.7 Å². The second kappa shape index (κ2) is 8.02. The summed E-state index contributed by atoms with van der Waals surface area (Å²) >= 11 is 0. The van der Waals surface area contributed by atoms with Gasteiger partial charge in [0.2, 0.25) is 0 Å². The van der Waals surface area contributed by atoms with Crippen molar-refractivity contribution in [1.82, 2.24) is 9.55 Å². The minimum atomic E-state index is -3.82. The number of imidazole rings is 1. The fraction of sp³-hybridized carbons (Fsp3) is 0.185. The highest BCUT2D eigenvalue weighted by Gasteiger charge is 2.25. The van der Waals surface area contributed by atoms with Crippen molar-refractivity contribution in [2.75, 3.05) is 0 Å². The van der Waals surface area contributed by atoms with Crippen LogP contribution in [0.4, 0.5) is 4.39 Å². The molecule has 1 aromatic heterocycles. The lowest BCUT2D eigenvalue weighted by Crippen LogP contribution is -2.07. The molecule has 0 amide bonds. The quantitative estimate of drug-likeness (QED) is 0.401. The molecular weight excluding hydrogens is 449 g/mol. The van der Waals surface area contributed by atoms with Crippen LogP contribution in [0.1, 0.15) is 28.9 Å². The van der Waals surface area contributed by atoms with Gasteiger partial charge in [-0.25, -0.2) is 17.8 Å². The molecule has 2 aliphatic rings. The average molecular weight is 472 g/mol. The van der Waals surface area contributed by atoms with Crippen LogP contribution < -0.4 is 0 Å².